The number of rotatable bonds is 3. The van der Waals surface area contributed by atoms with Crippen LogP contribution in [0, 0.1) is 6.92 Å². The van der Waals surface area contributed by atoms with Crippen molar-refractivity contribution in [2.75, 3.05) is 31.9 Å². The highest BCUT2D eigenvalue weighted by molar-refractivity contribution is 6.00. The largest absolute Gasteiger partial charge is 0.398 e. The smallest absolute Gasteiger partial charge is 0.256 e. The van der Waals surface area contributed by atoms with Gasteiger partial charge in [-0.25, -0.2) is 0 Å². The van der Waals surface area contributed by atoms with E-state index in [1.165, 1.54) is 0 Å². The number of benzene rings is 1. The minimum Gasteiger partial charge on any atom is -0.398 e. The molecule has 0 radical (unpaired) electrons. The van der Waals surface area contributed by atoms with Crippen LogP contribution >= 0.6 is 0 Å². The fourth-order valence-electron chi connectivity index (χ4n) is 2.76. The maximum Gasteiger partial charge on any atom is 0.256 e. The highest BCUT2D eigenvalue weighted by atomic mass is 16.2. The molecule has 20 heavy (non-hydrogen) atoms. The number of carbonyl (C=O) groups is 1. The topological polar surface area (TPSA) is 49.6 Å². The average Bonchev–Trinajstić information content (AvgIpc) is 2.46. The summed E-state index contributed by atoms with van der Waals surface area (Å²) < 4.78 is 0. The van der Waals surface area contributed by atoms with E-state index in [-0.39, 0.29) is 5.91 Å². The molecule has 0 aromatic heterocycles. The van der Waals surface area contributed by atoms with E-state index in [1.54, 1.807) is 6.07 Å². The molecule has 0 bridgehead atoms. The predicted molar refractivity (Wildman–Crippen MR) is 82.8 cm³/mol. The van der Waals surface area contributed by atoms with Gasteiger partial charge in [-0.1, -0.05) is 19.1 Å². The van der Waals surface area contributed by atoms with Gasteiger partial charge in [0.1, 0.15) is 0 Å². The summed E-state index contributed by atoms with van der Waals surface area (Å²) in [6.45, 7) is 9.87. The molecule has 2 N–H and O–H groups in total. The number of nitrogen functional groups attached to an aromatic ring is 1. The first-order valence-electron chi connectivity index (χ1n) is 7.43. The van der Waals surface area contributed by atoms with Gasteiger partial charge in [0, 0.05) is 37.9 Å². The zero-order chi connectivity index (χ0) is 14.7. The number of piperazine rings is 1. The summed E-state index contributed by atoms with van der Waals surface area (Å²) in [6, 6.07) is 6.23. The monoisotopic (exact) mass is 275 g/mol. The molecule has 1 unspecified atom stereocenters. The summed E-state index contributed by atoms with van der Waals surface area (Å²) in [6.07, 6.45) is 1.15. The lowest BCUT2D eigenvalue weighted by Gasteiger charge is -2.38. The normalized spacial score (nSPS) is 18.1. The van der Waals surface area contributed by atoms with Crippen LogP contribution in [0.5, 0.6) is 0 Å². The van der Waals surface area contributed by atoms with Crippen LogP contribution in [-0.4, -0.2) is 47.9 Å². The van der Waals surface area contributed by atoms with Crippen molar-refractivity contribution >= 4 is 11.6 Å². The molecule has 0 spiro atoms. The number of anilines is 1. The van der Waals surface area contributed by atoms with Gasteiger partial charge in [-0.2, -0.15) is 0 Å². The van der Waals surface area contributed by atoms with E-state index >= 15 is 0 Å². The van der Waals surface area contributed by atoms with Crippen LogP contribution < -0.4 is 5.73 Å². The van der Waals surface area contributed by atoms with Gasteiger partial charge in [0.15, 0.2) is 0 Å². The van der Waals surface area contributed by atoms with Gasteiger partial charge in [-0.3, -0.25) is 9.69 Å². The fourth-order valence-corrected chi connectivity index (χ4v) is 2.76. The molecule has 1 aromatic carbocycles. The third kappa shape index (κ3) is 2.96. The van der Waals surface area contributed by atoms with Gasteiger partial charge in [-0.15, -0.1) is 0 Å². The van der Waals surface area contributed by atoms with Crippen LogP contribution in [0.2, 0.25) is 0 Å². The second kappa shape index (κ2) is 6.27. The Morgan fingerprint density at radius 1 is 1.30 bits per heavy atom. The Labute approximate surface area is 121 Å². The number of hydrogen-bond donors (Lipinski definition) is 1. The van der Waals surface area contributed by atoms with Crippen LogP contribution in [0.25, 0.3) is 0 Å². The van der Waals surface area contributed by atoms with E-state index in [1.807, 2.05) is 24.0 Å². The first kappa shape index (κ1) is 14.9. The average molecular weight is 275 g/mol. The summed E-state index contributed by atoms with van der Waals surface area (Å²) >= 11 is 0. The van der Waals surface area contributed by atoms with E-state index < -0.39 is 0 Å². The van der Waals surface area contributed by atoms with Crippen molar-refractivity contribution in [1.29, 1.82) is 0 Å². The number of aryl methyl sites for hydroxylation is 1. The standard InChI is InChI=1S/C16H25N3O/c1-4-13(3)18-8-10-19(11-9-18)16(20)15-12(2)6-5-7-14(15)17/h5-7,13H,4,8-11,17H2,1-3H3. The molecule has 1 amide bonds. The van der Waals surface area contributed by atoms with E-state index in [9.17, 15) is 4.79 Å². The van der Waals surface area contributed by atoms with Crippen LogP contribution in [0.1, 0.15) is 36.2 Å². The highest BCUT2D eigenvalue weighted by Crippen LogP contribution is 2.20. The summed E-state index contributed by atoms with van der Waals surface area (Å²) in [4.78, 5) is 17.0. The van der Waals surface area contributed by atoms with Crippen molar-refractivity contribution in [3.63, 3.8) is 0 Å². The number of nitrogens with two attached hydrogens (primary N) is 1. The number of nitrogens with zero attached hydrogens (tertiary/aromatic N) is 2. The van der Waals surface area contributed by atoms with Gasteiger partial charge in [0.25, 0.3) is 5.91 Å². The number of amides is 1. The molecule has 1 atom stereocenters. The number of carbonyl (C=O) groups excluding carboxylic acids is 1. The zero-order valence-corrected chi connectivity index (χ0v) is 12.7. The van der Waals surface area contributed by atoms with Gasteiger partial charge in [-0.05, 0) is 31.9 Å². The molecule has 1 fully saturated rings. The van der Waals surface area contributed by atoms with Crippen LogP contribution in [0.4, 0.5) is 5.69 Å². The molecule has 1 saturated heterocycles. The number of hydrogen-bond acceptors (Lipinski definition) is 3. The van der Waals surface area contributed by atoms with E-state index in [4.69, 9.17) is 5.73 Å². The molecule has 110 valence electrons. The lowest BCUT2D eigenvalue weighted by molar-refractivity contribution is 0.0580. The molecule has 1 aliphatic rings. The Kier molecular flexibility index (Phi) is 4.65. The molecular weight excluding hydrogens is 250 g/mol. The lowest BCUT2D eigenvalue weighted by atomic mass is 10.0. The molecule has 0 saturated carbocycles. The van der Waals surface area contributed by atoms with E-state index in [2.05, 4.69) is 18.7 Å². The lowest BCUT2D eigenvalue weighted by Crippen LogP contribution is -2.51. The minimum atomic E-state index is 0.0735. The maximum absolute atomic E-state index is 12.6. The van der Waals surface area contributed by atoms with Gasteiger partial charge in [0.2, 0.25) is 0 Å². The summed E-state index contributed by atoms with van der Waals surface area (Å²) in [5.41, 5.74) is 8.18. The highest BCUT2D eigenvalue weighted by Gasteiger charge is 2.25. The van der Waals surface area contributed by atoms with Crippen LogP contribution in [0.3, 0.4) is 0 Å². The Hall–Kier alpha value is -1.55. The molecule has 4 heteroatoms. The molecule has 1 aliphatic heterocycles. The van der Waals surface area contributed by atoms with Crippen molar-refractivity contribution in [2.45, 2.75) is 33.2 Å². The second-order valence-corrected chi connectivity index (χ2v) is 5.62. The first-order valence-corrected chi connectivity index (χ1v) is 7.43. The second-order valence-electron chi connectivity index (χ2n) is 5.62. The van der Waals surface area contributed by atoms with Crippen molar-refractivity contribution in [1.82, 2.24) is 9.80 Å². The Morgan fingerprint density at radius 2 is 1.95 bits per heavy atom. The quantitative estimate of drug-likeness (QED) is 0.860. The van der Waals surface area contributed by atoms with Gasteiger partial charge >= 0.3 is 0 Å². The SMILES string of the molecule is CCC(C)N1CCN(C(=O)c2c(C)cccc2N)CC1. The summed E-state index contributed by atoms with van der Waals surface area (Å²) in [5, 5.41) is 0. The molecule has 1 heterocycles. The van der Waals surface area contributed by atoms with Gasteiger partial charge in [0.05, 0.1) is 5.56 Å². The Bertz CT molecular complexity index is 458. The van der Waals surface area contributed by atoms with Gasteiger partial charge < -0.3 is 10.6 Å². The third-order valence-corrected chi connectivity index (χ3v) is 4.33. The van der Waals surface area contributed by atoms with Crippen molar-refractivity contribution in [3.05, 3.63) is 29.3 Å². The minimum absolute atomic E-state index is 0.0735. The first-order chi connectivity index (χ1) is 9.54. The predicted octanol–water partition coefficient (Wildman–Crippen LogP) is 2.13. The zero-order valence-electron chi connectivity index (χ0n) is 12.7. The van der Waals surface area contributed by atoms with Crippen molar-refractivity contribution in [3.8, 4) is 0 Å². The Morgan fingerprint density at radius 3 is 2.50 bits per heavy atom. The molecular formula is C16H25N3O. The Balaban J connectivity index is 2.05. The van der Waals surface area contributed by atoms with Crippen LogP contribution in [0.15, 0.2) is 18.2 Å². The summed E-state index contributed by atoms with van der Waals surface area (Å²) in [5.74, 6) is 0.0735. The van der Waals surface area contributed by atoms with E-state index in [0.29, 0.717) is 17.3 Å². The molecule has 1 aromatic rings. The molecule has 2 rings (SSSR count). The summed E-state index contributed by atoms with van der Waals surface area (Å²) in [7, 11) is 0. The molecule has 4 nitrogen and oxygen atoms in total. The molecule has 0 aliphatic carbocycles. The maximum atomic E-state index is 12.6. The van der Waals surface area contributed by atoms with E-state index in [0.717, 1.165) is 38.2 Å². The van der Waals surface area contributed by atoms with Crippen molar-refractivity contribution in [2.24, 2.45) is 0 Å². The fraction of sp³-hybridized carbons (Fsp3) is 0.562. The van der Waals surface area contributed by atoms with Crippen LogP contribution in [-0.2, 0) is 0 Å². The third-order valence-electron chi connectivity index (χ3n) is 4.33. The van der Waals surface area contributed by atoms with Crippen molar-refractivity contribution < 1.29 is 4.79 Å².